The molecule has 134 valence electrons. The van der Waals surface area contributed by atoms with Gasteiger partial charge in [-0.2, -0.15) is 8.42 Å². The second-order valence-electron chi connectivity index (χ2n) is 6.59. The molecule has 26 heavy (non-hydrogen) atoms. The van der Waals surface area contributed by atoms with E-state index >= 15 is 0 Å². The Morgan fingerprint density at radius 2 is 1.88 bits per heavy atom. The summed E-state index contributed by atoms with van der Waals surface area (Å²) in [5.41, 5.74) is 2.42. The predicted molar refractivity (Wildman–Crippen MR) is 99.7 cm³/mol. The smallest absolute Gasteiger partial charge is 0.285 e. The van der Waals surface area contributed by atoms with Gasteiger partial charge in [-0.15, -0.1) is 4.40 Å². The van der Waals surface area contributed by atoms with Crippen molar-refractivity contribution in [1.82, 2.24) is 4.90 Å². The molecular formula is C19H19N3O3S. The highest BCUT2D eigenvalue weighted by molar-refractivity contribution is 7.90. The Hall–Kier alpha value is -2.67. The fraction of sp³-hybridized carbons (Fsp3) is 0.263. The number of amides is 1. The van der Waals surface area contributed by atoms with Gasteiger partial charge in [0.25, 0.3) is 10.0 Å². The fourth-order valence-corrected chi connectivity index (χ4v) is 4.67. The van der Waals surface area contributed by atoms with Crippen molar-refractivity contribution in [3.8, 4) is 0 Å². The number of carbonyl (C=O) groups is 1. The average molecular weight is 369 g/mol. The van der Waals surface area contributed by atoms with Crippen LogP contribution in [-0.4, -0.2) is 37.6 Å². The summed E-state index contributed by atoms with van der Waals surface area (Å²) in [4.78, 5) is 14.8. The van der Waals surface area contributed by atoms with E-state index in [1.54, 1.807) is 24.3 Å². The maximum Gasteiger partial charge on any atom is 0.285 e. The molecule has 7 heteroatoms. The number of likely N-dealkylation sites (tertiary alicyclic amines) is 1. The normalized spacial score (nSPS) is 20.6. The van der Waals surface area contributed by atoms with Crippen LogP contribution in [0.2, 0.25) is 0 Å². The van der Waals surface area contributed by atoms with E-state index in [0.717, 1.165) is 17.7 Å². The Balaban J connectivity index is 1.61. The monoisotopic (exact) mass is 369 g/mol. The third-order valence-corrected chi connectivity index (χ3v) is 6.08. The van der Waals surface area contributed by atoms with Gasteiger partial charge in [0, 0.05) is 17.8 Å². The summed E-state index contributed by atoms with van der Waals surface area (Å²) in [7, 11) is -3.69. The Morgan fingerprint density at radius 1 is 1.15 bits per heavy atom. The quantitative estimate of drug-likeness (QED) is 0.882. The van der Waals surface area contributed by atoms with Crippen LogP contribution in [0.3, 0.4) is 0 Å². The van der Waals surface area contributed by atoms with Gasteiger partial charge < -0.3 is 10.2 Å². The number of hydrogen-bond donors (Lipinski definition) is 1. The molecule has 0 aliphatic carbocycles. The summed E-state index contributed by atoms with van der Waals surface area (Å²) in [6.45, 7) is 2.59. The highest BCUT2D eigenvalue weighted by Gasteiger charge is 2.39. The molecule has 2 aliphatic heterocycles. The first-order valence-corrected chi connectivity index (χ1v) is 9.98. The van der Waals surface area contributed by atoms with Gasteiger partial charge >= 0.3 is 0 Å². The third-order valence-electron chi connectivity index (χ3n) is 4.76. The van der Waals surface area contributed by atoms with E-state index in [-0.39, 0.29) is 10.8 Å². The minimum atomic E-state index is -3.69. The molecule has 2 heterocycles. The van der Waals surface area contributed by atoms with Crippen LogP contribution in [0.15, 0.2) is 57.8 Å². The van der Waals surface area contributed by atoms with E-state index in [1.807, 2.05) is 36.1 Å². The van der Waals surface area contributed by atoms with Crippen LogP contribution in [0.5, 0.6) is 0 Å². The molecule has 0 aromatic heterocycles. The molecular weight excluding hydrogens is 350 g/mol. The first kappa shape index (κ1) is 16.8. The van der Waals surface area contributed by atoms with E-state index < -0.39 is 16.1 Å². The molecule has 2 aromatic rings. The Bertz CT molecular complexity index is 997. The summed E-state index contributed by atoms with van der Waals surface area (Å²) in [6.07, 6.45) is 1.48. The molecule has 1 saturated heterocycles. The number of benzene rings is 2. The molecule has 6 nitrogen and oxygen atoms in total. The van der Waals surface area contributed by atoms with Crippen LogP contribution in [0.25, 0.3) is 0 Å². The fourth-order valence-electron chi connectivity index (χ4n) is 3.45. The maximum absolute atomic E-state index is 12.8. The van der Waals surface area contributed by atoms with Gasteiger partial charge in [0.05, 0.1) is 0 Å². The molecule has 1 fully saturated rings. The second-order valence-corrected chi connectivity index (χ2v) is 8.17. The van der Waals surface area contributed by atoms with Gasteiger partial charge in [-0.25, -0.2) is 0 Å². The summed E-state index contributed by atoms with van der Waals surface area (Å²) >= 11 is 0. The van der Waals surface area contributed by atoms with Crippen LogP contribution in [0.4, 0.5) is 5.69 Å². The lowest BCUT2D eigenvalue weighted by molar-refractivity contribution is -0.119. The first-order valence-electron chi connectivity index (χ1n) is 8.54. The zero-order valence-corrected chi connectivity index (χ0v) is 15.2. The van der Waals surface area contributed by atoms with Crippen LogP contribution >= 0.6 is 0 Å². The van der Waals surface area contributed by atoms with Crippen molar-refractivity contribution in [2.45, 2.75) is 30.7 Å². The molecule has 1 atom stereocenters. The van der Waals surface area contributed by atoms with E-state index in [4.69, 9.17) is 0 Å². The minimum Gasteiger partial charge on any atom is -0.343 e. The van der Waals surface area contributed by atoms with E-state index in [2.05, 4.69) is 9.71 Å². The SMILES string of the molecule is Cc1ccc(NC(=O)[C@@H]2CCCN2C2=NS(=O)(=O)c3ccccc32)cc1. The number of hydrogen-bond acceptors (Lipinski definition) is 4. The Kier molecular flexibility index (Phi) is 4.03. The minimum absolute atomic E-state index is 0.143. The van der Waals surface area contributed by atoms with Crippen molar-refractivity contribution < 1.29 is 13.2 Å². The molecule has 1 N–H and O–H groups in total. The molecule has 0 unspecified atom stereocenters. The lowest BCUT2D eigenvalue weighted by atomic mass is 10.1. The predicted octanol–water partition coefficient (Wildman–Crippen LogP) is 2.55. The molecule has 0 radical (unpaired) electrons. The van der Waals surface area contributed by atoms with Gasteiger partial charge in [0.2, 0.25) is 5.91 Å². The molecule has 1 amide bonds. The standard InChI is InChI=1S/C19H19N3O3S/c1-13-8-10-14(11-9-13)20-19(23)16-6-4-12-22(16)18-15-5-2-3-7-17(15)26(24,25)21-18/h2-3,5,7-11,16H,4,6,12H2,1H3,(H,20,23)/t16-/m0/s1. The highest BCUT2D eigenvalue weighted by Crippen LogP contribution is 2.31. The Labute approximate surface area is 152 Å². The number of fused-ring (bicyclic) bond motifs is 1. The van der Waals surface area contributed by atoms with E-state index in [0.29, 0.717) is 24.4 Å². The van der Waals surface area contributed by atoms with Crippen molar-refractivity contribution in [2.24, 2.45) is 4.40 Å². The van der Waals surface area contributed by atoms with Gasteiger partial charge in [-0.3, -0.25) is 4.79 Å². The second kappa shape index (κ2) is 6.25. The molecule has 0 spiro atoms. The summed E-state index contributed by atoms with van der Waals surface area (Å²) in [6, 6.07) is 13.9. The molecule has 2 aliphatic rings. The van der Waals surface area contributed by atoms with Crippen molar-refractivity contribution >= 4 is 27.5 Å². The number of anilines is 1. The van der Waals surface area contributed by atoms with Crippen molar-refractivity contribution in [3.05, 3.63) is 59.7 Å². The zero-order valence-electron chi connectivity index (χ0n) is 14.3. The number of aryl methyl sites for hydroxylation is 1. The van der Waals surface area contributed by atoms with Gasteiger partial charge in [-0.05, 0) is 44.0 Å². The van der Waals surface area contributed by atoms with Gasteiger partial charge in [0.1, 0.15) is 10.9 Å². The number of sulfonamides is 1. The summed E-state index contributed by atoms with van der Waals surface area (Å²) in [5, 5.41) is 2.92. The molecule has 2 aromatic carbocycles. The topological polar surface area (TPSA) is 78.8 Å². The van der Waals surface area contributed by atoms with Crippen LogP contribution < -0.4 is 5.32 Å². The van der Waals surface area contributed by atoms with Crippen LogP contribution in [0, 0.1) is 6.92 Å². The van der Waals surface area contributed by atoms with Crippen molar-refractivity contribution in [3.63, 3.8) is 0 Å². The summed E-state index contributed by atoms with van der Waals surface area (Å²) < 4.78 is 28.6. The number of carbonyl (C=O) groups excluding carboxylic acids is 1. The molecule has 0 saturated carbocycles. The molecule has 4 rings (SSSR count). The highest BCUT2D eigenvalue weighted by atomic mass is 32.2. The number of nitrogens with zero attached hydrogens (tertiary/aromatic N) is 2. The van der Waals surface area contributed by atoms with E-state index in [1.165, 1.54) is 0 Å². The number of amidine groups is 1. The van der Waals surface area contributed by atoms with Crippen LogP contribution in [-0.2, 0) is 14.8 Å². The molecule has 0 bridgehead atoms. The van der Waals surface area contributed by atoms with Gasteiger partial charge in [-0.1, -0.05) is 29.8 Å². The number of rotatable bonds is 2. The largest absolute Gasteiger partial charge is 0.343 e. The Morgan fingerprint density at radius 3 is 2.65 bits per heavy atom. The lowest BCUT2D eigenvalue weighted by Gasteiger charge is -2.25. The third kappa shape index (κ3) is 2.88. The van der Waals surface area contributed by atoms with E-state index in [9.17, 15) is 13.2 Å². The number of nitrogens with one attached hydrogen (secondary N) is 1. The zero-order chi connectivity index (χ0) is 18.3. The first-order chi connectivity index (χ1) is 12.5. The average Bonchev–Trinajstić information content (AvgIpc) is 3.20. The lowest BCUT2D eigenvalue weighted by Crippen LogP contribution is -2.43. The maximum atomic E-state index is 12.8. The van der Waals surface area contributed by atoms with Crippen molar-refractivity contribution in [2.75, 3.05) is 11.9 Å². The van der Waals surface area contributed by atoms with Crippen LogP contribution in [0.1, 0.15) is 24.0 Å². The van der Waals surface area contributed by atoms with Gasteiger partial charge in [0.15, 0.2) is 5.84 Å². The van der Waals surface area contributed by atoms with Crippen molar-refractivity contribution in [1.29, 1.82) is 0 Å². The summed E-state index contributed by atoms with van der Waals surface area (Å²) in [5.74, 6) is 0.234.